The highest BCUT2D eigenvalue weighted by Crippen LogP contribution is 2.61. The largest absolute Gasteiger partial charge is 0.354 e. The second-order valence-electron chi connectivity index (χ2n) is 11.9. The summed E-state index contributed by atoms with van der Waals surface area (Å²) in [6.45, 7) is 19.9. The number of nitrogens with one attached hydrogen (secondary N) is 1. The number of para-hydroxylation sites is 1. The van der Waals surface area contributed by atoms with Gasteiger partial charge in [-0.2, -0.15) is 0 Å². The minimum atomic E-state index is -0.0205. The SMILES string of the molecule is C=C/C(=C\C=C(/C)C(C)(C)C)Nc1cc(C)cc(N2c3ccccc3C3(C)CCCCC23C)c1Cl. The molecule has 2 atom stereocenters. The third-order valence-electron chi connectivity index (χ3n) is 8.65. The second-order valence-corrected chi connectivity index (χ2v) is 12.2. The minimum Gasteiger partial charge on any atom is -0.354 e. The maximum atomic E-state index is 7.22. The number of hydrogen-bond acceptors (Lipinski definition) is 2. The highest BCUT2D eigenvalue weighted by Gasteiger charge is 2.57. The second kappa shape index (κ2) is 9.21. The van der Waals surface area contributed by atoms with Gasteiger partial charge in [-0.25, -0.2) is 0 Å². The van der Waals surface area contributed by atoms with Crippen LogP contribution < -0.4 is 10.2 Å². The molecule has 2 nitrogen and oxygen atoms in total. The molecule has 2 unspecified atom stereocenters. The Balaban J connectivity index is 1.81. The number of rotatable bonds is 5. The fourth-order valence-electron chi connectivity index (χ4n) is 5.86. The summed E-state index contributed by atoms with van der Waals surface area (Å²) in [5, 5.41) is 4.32. The quantitative estimate of drug-likeness (QED) is 0.421. The topological polar surface area (TPSA) is 15.3 Å². The van der Waals surface area contributed by atoms with Gasteiger partial charge in [0.05, 0.1) is 21.9 Å². The minimum absolute atomic E-state index is 0.0205. The van der Waals surface area contributed by atoms with Crippen LogP contribution in [0.1, 0.15) is 78.4 Å². The van der Waals surface area contributed by atoms with Gasteiger partial charge in [0, 0.05) is 16.8 Å². The summed E-state index contributed by atoms with van der Waals surface area (Å²) in [5.41, 5.74) is 8.38. The first-order valence-corrected chi connectivity index (χ1v) is 13.3. The van der Waals surface area contributed by atoms with E-state index in [2.05, 4.69) is 114 Å². The molecule has 1 aliphatic heterocycles. The molecule has 0 bridgehead atoms. The van der Waals surface area contributed by atoms with Crippen LogP contribution in [0.15, 0.2) is 72.5 Å². The van der Waals surface area contributed by atoms with Gasteiger partial charge < -0.3 is 10.2 Å². The smallest absolute Gasteiger partial charge is 0.0878 e. The van der Waals surface area contributed by atoms with Crippen molar-refractivity contribution in [3.63, 3.8) is 0 Å². The van der Waals surface area contributed by atoms with Gasteiger partial charge in [0.15, 0.2) is 0 Å². The lowest BCUT2D eigenvalue weighted by Crippen LogP contribution is -2.54. The van der Waals surface area contributed by atoms with E-state index >= 15 is 0 Å². The summed E-state index contributed by atoms with van der Waals surface area (Å²) in [7, 11) is 0. The van der Waals surface area contributed by atoms with E-state index in [1.807, 2.05) is 6.08 Å². The van der Waals surface area contributed by atoms with Crippen molar-refractivity contribution in [3.8, 4) is 0 Å². The van der Waals surface area contributed by atoms with E-state index < -0.39 is 0 Å². The van der Waals surface area contributed by atoms with Gasteiger partial charge in [-0.05, 0) is 80.5 Å². The van der Waals surface area contributed by atoms with Gasteiger partial charge in [0.25, 0.3) is 0 Å². The molecule has 1 aliphatic carbocycles. The molecule has 186 valence electrons. The molecule has 2 aromatic carbocycles. The summed E-state index contributed by atoms with van der Waals surface area (Å²) in [5.74, 6) is 0. The number of aryl methyl sites for hydroxylation is 1. The average Bonchev–Trinajstić information content (AvgIpc) is 3.01. The molecule has 0 spiro atoms. The van der Waals surface area contributed by atoms with Crippen LogP contribution in [0.25, 0.3) is 0 Å². The summed E-state index contributed by atoms with van der Waals surface area (Å²) >= 11 is 7.22. The van der Waals surface area contributed by atoms with Crippen LogP contribution in [-0.4, -0.2) is 5.54 Å². The molecule has 1 saturated carbocycles. The van der Waals surface area contributed by atoms with Crippen molar-refractivity contribution >= 4 is 28.7 Å². The van der Waals surface area contributed by atoms with Crippen molar-refractivity contribution in [1.29, 1.82) is 0 Å². The summed E-state index contributed by atoms with van der Waals surface area (Å²) in [6, 6.07) is 13.3. The fourth-order valence-corrected chi connectivity index (χ4v) is 6.10. The number of benzene rings is 2. The third-order valence-corrected chi connectivity index (χ3v) is 9.04. The monoisotopic (exact) mass is 488 g/mol. The molecule has 2 aliphatic rings. The molecule has 1 heterocycles. The molecule has 0 amide bonds. The van der Waals surface area contributed by atoms with Crippen molar-refractivity contribution in [1.82, 2.24) is 0 Å². The number of fused-ring (bicyclic) bond motifs is 3. The Hall–Kier alpha value is -2.45. The Bertz CT molecular complexity index is 1200. The molecule has 4 rings (SSSR count). The van der Waals surface area contributed by atoms with E-state index in [0.29, 0.717) is 0 Å². The number of nitrogens with zero attached hydrogens (tertiary/aromatic N) is 1. The third kappa shape index (κ3) is 4.35. The zero-order valence-electron chi connectivity index (χ0n) is 22.6. The van der Waals surface area contributed by atoms with E-state index in [9.17, 15) is 0 Å². The molecule has 0 radical (unpaired) electrons. The molecule has 35 heavy (non-hydrogen) atoms. The van der Waals surface area contributed by atoms with Crippen LogP contribution >= 0.6 is 11.6 Å². The summed E-state index contributed by atoms with van der Waals surface area (Å²) in [6.07, 6.45) is 11.0. The van der Waals surface area contributed by atoms with Crippen LogP contribution in [0, 0.1) is 12.3 Å². The molecule has 1 fully saturated rings. The van der Waals surface area contributed by atoms with E-state index in [4.69, 9.17) is 11.6 Å². The van der Waals surface area contributed by atoms with Crippen molar-refractivity contribution in [3.05, 3.63) is 88.6 Å². The maximum absolute atomic E-state index is 7.22. The highest BCUT2D eigenvalue weighted by atomic mass is 35.5. The number of allylic oxidation sites excluding steroid dienone is 4. The Labute approximate surface area is 217 Å². The first kappa shape index (κ1) is 25.6. The molecule has 2 aromatic rings. The van der Waals surface area contributed by atoms with Crippen LogP contribution in [-0.2, 0) is 5.41 Å². The van der Waals surface area contributed by atoms with E-state index in [0.717, 1.165) is 28.5 Å². The number of hydrogen-bond donors (Lipinski definition) is 1. The van der Waals surface area contributed by atoms with Gasteiger partial charge in [0.2, 0.25) is 0 Å². The molecule has 0 saturated heterocycles. The van der Waals surface area contributed by atoms with Crippen LogP contribution in [0.2, 0.25) is 5.02 Å². The van der Waals surface area contributed by atoms with Crippen molar-refractivity contribution in [2.45, 2.75) is 85.1 Å². The van der Waals surface area contributed by atoms with Gasteiger partial charge >= 0.3 is 0 Å². The normalized spacial score (nSPS) is 24.7. The van der Waals surface area contributed by atoms with Gasteiger partial charge in [-0.3, -0.25) is 0 Å². The first-order valence-electron chi connectivity index (χ1n) is 12.9. The Morgan fingerprint density at radius 3 is 2.43 bits per heavy atom. The maximum Gasteiger partial charge on any atom is 0.0878 e. The standard InChI is InChI=1S/C32H41ClN2/c1-9-24(17-16-23(3)30(4,5)6)34-26-20-22(2)21-28(29(26)33)35-27-15-11-10-14-25(27)31(7)18-12-13-19-32(31,35)8/h9-11,14-17,20-21,34H,1,12-13,18-19H2,2-8H3/b23-16+,24-17+. The number of halogens is 1. The lowest BCUT2D eigenvalue weighted by Gasteiger charge is -2.50. The van der Waals surface area contributed by atoms with Crippen LogP contribution in [0.3, 0.4) is 0 Å². The Morgan fingerprint density at radius 1 is 1.06 bits per heavy atom. The van der Waals surface area contributed by atoms with Crippen LogP contribution in [0.5, 0.6) is 0 Å². The van der Waals surface area contributed by atoms with E-state index in [1.165, 1.54) is 41.6 Å². The zero-order chi connectivity index (χ0) is 25.6. The molecular formula is C32H41ClN2. The summed E-state index contributed by atoms with van der Waals surface area (Å²) in [4.78, 5) is 2.54. The van der Waals surface area contributed by atoms with E-state index in [-0.39, 0.29) is 16.4 Å². The molecule has 0 aromatic heterocycles. The Kier molecular flexibility index (Phi) is 6.74. The predicted octanol–water partition coefficient (Wildman–Crippen LogP) is 9.86. The Morgan fingerprint density at radius 2 is 1.74 bits per heavy atom. The van der Waals surface area contributed by atoms with Gasteiger partial charge in [-0.15, -0.1) is 0 Å². The van der Waals surface area contributed by atoms with Crippen molar-refractivity contribution in [2.75, 3.05) is 10.2 Å². The molecular weight excluding hydrogens is 448 g/mol. The zero-order valence-corrected chi connectivity index (χ0v) is 23.3. The lowest BCUT2D eigenvalue weighted by molar-refractivity contribution is 0.195. The fraction of sp³-hybridized carbons (Fsp3) is 0.438. The van der Waals surface area contributed by atoms with Crippen molar-refractivity contribution < 1.29 is 0 Å². The van der Waals surface area contributed by atoms with Gasteiger partial charge in [0.1, 0.15) is 0 Å². The van der Waals surface area contributed by atoms with E-state index in [1.54, 1.807) is 0 Å². The molecule has 3 heteroatoms. The van der Waals surface area contributed by atoms with Crippen molar-refractivity contribution in [2.24, 2.45) is 5.41 Å². The summed E-state index contributed by atoms with van der Waals surface area (Å²) < 4.78 is 0. The van der Waals surface area contributed by atoms with Gasteiger partial charge in [-0.1, -0.05) is 88.6 Å². The molecule has 1 N–H and O–H groups in total. The lowest BCUT2D eigenvalue weighted by atomic mass is 9.61. The predicted molar refractivity (Wildman–Crippen MR) is 154 cm³/mol. The number of anilines is 3. The van der Waals surface area contributed by atoms with Crippen LogP contribution in [0.4, 0.5) is 17.1 Å². The average molecular weight is 489 g/mol. The first-order chi connectivity index (χ1) is 16.4. The highest BCUT2D eigenvalue weighted by molar-refractivity contribution is 6.36.